The summed E-state index contributed by atoms with van der Waals surface area (Å²) in [5, 5.41) is 7.66. The number of ether oxygens (including phenoxy) is 2. The van der Waals surface area contributed by atoms with Crippen LogP contribution in [0, 0.1) is 11.8 Å². The molecule has 1 saturated carbocycles. The molecule has 2 amide bonds. The van der Waals surface area contributed by atoms with Crippen LogP contribution in [0.1, 0.15) is 69.5 Å². The Hall–Kier alpha value is -1.05. The van der Waals surface area contributed by atoms with Crippen LogP contribution in [0.3, 0.4) is 0 Å². The van der Waals surface area contributed by atoms with Crippen molar-refractivity contribution in [3.8, 4) is 0 Å². The molecule has 1 heterocycles. The summed E-state index contributed by atoms with van der Waals surface area (Å²) >= 11 is 12.9. The molecular weight excluding hydrogens is 485 g/mol. The monoisotopic (exact) mass is 527 g/mol. The number of rotatable bonds is 12. The van der Waals surface area contributed by atoms with Crippen molar-refractivity contribution in [2.45, 2.75) is 69.9 Å². The van der Waals surface area contributed by atoms with Gasteiger partial charge in [0.1, 0.15) is 0 Å². The van der Waals surface area contributed by atoms with Gasteiger partial charge in [0.05, 0.1) is 16.1 Å². The van der Waals surface area contributed by atoms with E-state index in [9.17, 15) is 4.79 Å². The average Bonchev–Trinajstić information content (AvgIpc) is 2.87. The van der Waals surface area contributed by atoms with E-state index in [4.69, 9.17) is 32.7 Å². The van der Waals surface area contributed by atoms with Gasteiger partial charge < -0.3 is 25.0 Å². The first-order chi connectivity index (χ1) is 17.0. The number of hydrogen-bond acceptors (Lipinski definition) is 4. The van der Waals surface area contributed by atoms with Crippen molar-refractivity contribution in [2.24, 2.45) is 11.8 Å². The first-order valence-electron chi connectivity index (χ1n) is 13.3. The number of benzene rings is 1. The highest BCUT2D eigenvalue weighted by atomic mass is 35.5. The maximum atomic E-state index is 13.3. The third-order valence-electron chi connectivity index (χ3n) is 7.37. The third kappa shape index (κ3) is 8.78. The molecule has 1 aliphatic heterocycles. The van der Waals surface area contributed by atoms with Crippen LogP contribution in [-0.2, 0) is 9.47 Å². The number of urea groups is 1. The first kappa shape index (κ1) is 28.5. The Morgan fingerprint density at radius 3 is 2.69 bits per heavy atom. The van der Waals surface area contributed by atoms with Crippen LogP contribution in [0.2, 0.25) is 10.0 Å². The third-order valence-corrected chi connectivity index (χ3v) is 8.21. The summed E-state index contributed by atoms with van der Waals surface area (Å²) in [6.45, 7) is 3.40. The van der Waals surface area contributed by atoms with Gasteiger partial charge in [-0.15, -0.1) is 0 Å². The molecular formula is C27H43Cl2N3O3. The molecule has 35 heavy (non-hydrogen) atoms. The van der Waals surface area contributed by atoms with Crippen LogP contribution in [0.4, 0.5) is 4.79 Å². The molecule has 1 aromatic carbocycles. The van der Waals surface area contributed by atoms with Crippen LogP contribution in [-0.4, -0.2) is 64.0 Å². The SMILES string of the molecule is CNC[C@H](CC1CCCCC1)NC(=O)N1CCC[C@@H](C(OCCCOC)c2cccc(Cl)c2Cl)C1. The van der Waals surface area contributed by atoms with Crippen LogP contribution in [0.15, 0.2) is 18.2 Å². The number of halogens is 2. The number of piperidine rings is 1. The Balaban J connectivity index is 1.66. The van der Waals surface area contributed by atoms with Gasteiger partial charge in [0.15, 0.2) is 0 Å². The predicted octanol–water partition coefficient (Wildman–Crippen LogP) is 6.07. The zero-order valence-corrected chi connectivity index (χ0v) is 22.9. The number of likely N-dealkylation sites (N-methyl/N-ethyl adjacent to an activating group) is 1. The lowest BCUT2D eigenvalue weighted by atomic mass is 9.85. The molecule has 3 rings (SSSR count). The number of nitrogens with one attached hydrogen (secondary N) is 2. The normalized spacial score (nSPS) is 21.0. The molecule has 0 radical (unpaired) electrons. The summed E-state index contributed by atoms with van der Waals surface area (Å²) in [5.74, 6) is 0.862. The highest BCUT2D eigenvalue weighted by Gasteiger charge is 2.33. The van der Waals surface area contributed by atoms with E-state index >= 15 is 0 Å². The molecule has 198 valence electrons. The Morgan fingerprint density at radius 1 is 1.14 bits per heavy atom. The molecule has 2 N–H and O–H groups in total. The fourth-order valence-electron chi connectivity index (χ4n) is 5.61. The van der Waals surface area contributed by atoms with E-state index < -0.39 is 0 Å². The van der Waals surface area contributed by atoms with Crippen molar-refractivity contribution in [2.75, 3.05) is 47.0 Å². The van der Waals surface area contributed by atoms with Gasteiger partial charge in [0.2, 0.25) is 0 Å². The number of nitrogens with zero attached hydrogens (tertiary/aromatic N) is 1. The number of carbonyl (C=O) groups excluding carboxylic acids is 1. The fourth-order valence-corrected chi connectivity index (χ4v) is 6.02. The molecule has 8 heteroatoms. The van der Waals surface area contributed by atoms with Crippen LogP contribution in [0.5, 0.6) is 0 Å². The van der Waals surface area contributed by atoms with Crippen molar-refractivity contribution < 1.29 is 14.3 Å². The minimum atomic E-state index is -0.219. The van der Waals surface area contributed by atoms with Crippen molar-refractivity contribution in [3.63, 3.8) is 0 Å². The molecule has 0 aromatic heterocycles. The maximum Gasteiger partial charge on any atom is 0.317 e. The average molecular weight is 529 g/mol. The smallest absolute Gasteiger partial charge is 0.317 e. The van der Waals surface area contributed by atoms with Crippen LogP contribution < -0.4 is 10.6 Å². The van der Waals surface area contributed by atoms with Gasteiger partial charge in [-0.25, -0.2) is 4.79 Å². The van der Waals surface area contributed by atoms with Crippen molar-refractivity contribution in [1.82, 2.24) is 15.5 Å². The summed E-state index contributed by atoms with van der Waals surface area (Å²) < 4.78 is 11.5. The molecule has 1 aliphatic carbocycles. The Kier molecular flexibility index (Phi) is 12.4. The Morgan fingerprint density at radius 2 is 1.94 bits per heavy atom. The molecule has 2 aliphatic rings. The van der Waals surface area contributed by atoms with Crippen LogP contribution in [0.25, 0.3) is 0 Å². The summed E-state index contributed by atoms with van der Waals surface area (Å²) in [4.78, 5) is 15.3. The highest BCUT2D eigenvalue weighted by molar-refractivity contribution is 6.42. The van der Waals surface area contributed by atoms with E-state index in [1.807, 2.05) is 24.1 Å². The quantitative estimate of drug-likeness (QED) is 0.324. The lowest BCUT2D eigenvalue weighted by Crippen LogP contribution is -2.52. The second-order valence-corrected chi connectivity index (χ2v) is 10.9. The van der Waals surface area contributed by atoms with Gasteiger partial charge in [-0.1, -0.05) is 67.4 Å². The van der Waals surface area contributed by atoms with E-state index in [-0.39, 0.29) is 24.1 Å². The van der Waals surface area contributed by atoms with Crippen molar-refractivity contribution in [1.29, 1.82) is 0 Å². The maximum absolute atomic E-state index is 13.3. The predicted molar refractivity (Wildman–Crippen MR) is 143 cm³/mol. The van der Waals surface area contributed by atoms with E-state index in [1.54, 1.807) is 13.2 Å². The summed E-state index contributed by atoms with van der Waals surface area (Å²) in [6.07, 6.45) is 10.1. The fraction of sp³-hybridized carbons (Fsp3) is 0.741. The van der Waals surface area contributed by atoms with Gasteiger partial charge in [0, 0.05) is 57.5 Å². The zero-order valence-electron chi connectivity index (χ0n) is 21.4. The number of hydrogen-bond donors (Lipinski definition) is 2. The van der Waals surface area contributed by atoms with Gasteiger partial charge in [-0.2, -0.15) is 0 Å². The molecule has 6 nitrogen and oxygen atoms in total. The van der Waals surface area contributed by atoms with E-state index in [2.05, 4.69) is 10.6 Å². The second kappa shape index (κ2) is 15.3. The van der Waals surface area contributed by atoms with E-state index in [0.717, 1.165) is 44.3 Å². The minimum absolute atomic E-state index is 0.0288. The molecule has 3 atom stereocenters. The largest absolute Gasteiger partial charge is 0.385 e. The van der Waals surface area contributed by atoms with E-state index in [0.29, 0.717) is 35.7 Å². The number of amides is 2. The molecule has 1 saturated heterocycles. The molecule has 0 bridgehead atoms. The van der Waals surface area contributed by atoms with Crippen LogP contribution >= 0.6 is 23.2 Å². The van der Waals surface area contributed by atoms with Gasteiger partial charge in [-0.05, 0) is 44.7 Å². The molecule has 0 spiro atoms. The zero-order chi connectivity index (χ0) is 25.0. The summed E-state index contributed by atoms with van der Waals surface area (Å²) in [6, 6.07) is 5.88. The number of carbonyl (C=O) groups is 1. The topological polar surface area (TPSA) is 62.8 Å². The van der Waals surface area contributed by atoms with Crippen molar-refractivity contribution in [3.05, 3.63) is 33.8 Å². The molecule has 2 fully saturated rings. The van der Waals surface area contributed by atoms with Gasteiger partial charge in [0.25, 0.3) is 0 Å². The van der Waals surface area contributed by atoms with Crippen molar-refractivity contribution >= 4 is 29.2 Å². The second-order valence-electron chi connectivity index (χ2n) is 10.1. The number of likely N-dealkylation sites (tertiary alicyclic amines) is 1. The lowest BCUT2D eigenvalue weighted by Gasteiger charge is -2.38. The minimum Gasteiger partial charge on any atom is -0.385 e. The standard InChI is InChI=1S/C27H43Cl2N3O3/c1-30-18-22(17-20-9-4-3-5-10-20)31-27(33)32-14-7-11-21(19-32)26(35-16-8-15-34-2)23-12-6-13-24(28)25(23)29/h6,12-13,20-22,26,30H,3-5,7-11,14-19H2,1-2H3,(H,31,33)/t21-,22+,26?/m1/s1. The molecule has 1 unspecified atom stereocenters. The highest BCUT2D eigenvalue weighted by Crippen LogP contribution is 2.39. The summed E-state index contributed by atoms with van der Waals surface area (Å²) in [5.41, 5.74) is 0.897. The Bertz CT molecular complexity index is 776. The van der Waals surface area contributed by atoms with Gasteiger partial charge in [-0.3, -0.25) is 0 Å². The Labute approximate surface area is 221 Å². The molecule has 1 aromatic rings. The lowest BCUT2D eigenvalue weighted by molar-refractivity contribution is -0.0167. The van der Waals surface area contributed by atoms with Gasteiger partial charge >= 0.3 is 6.03 Å². The first-order valence-corrected chi connectivity index (χ1v) is 14.0. The van der Waals surface area contributed by atoms with E-state index in [1.165, 1.54) is 32.1 Å². The summed E-state index contributed by atoms with van der Waals surface area (Å²) in [7, 11) is 3.65. The number of methoxy groups -OCH3 is 1.